The van der Waals surface area contributed by atoms with E-state index in [2.05, 4.69) is 10.6 Å². The van der Waals surface area contributed by atoms with Gasteiger partial charge >= 0.3 is 5.97 Å². The van der Waals surface area contributed by atoms with Crippen LogP contribution in [0.15, 0.2) is 48.5 Å². The van der Waals surface area contributed by atoms with Gasteiger partial charge in [0.25, 0.3) is 11.8 Å². The molecule has 4 N–H and O–H groups in total. The highest BCUT2D eigenvalue weighted by molar-refractivity contribution is 5.97. The zero-order valence-electron chi connectivity index (χ0n) is 14.0. The highest BCUT2D eigenvalue weighted by atomic mass is 19.1. The summed E-state index contributed by atoms with van der Waals surface area (Å²) in [4.78, 5) is 46.0. The number of ether oxygens (including phenoxy) is 1. The quantitative estimate of drug-likeness (QED) is 0.620. The smallest absolute Gasteiger partial charge is 0.325 e. The topological polar surface area (TPSA) is 128 Å². The van der Waals surface area contributed by atoms with Crippen molar-refractivity contribution < 1.29 is 28.3 Å². The monoisotopic (exact) mass is 373 g/mol. The third kappa shape index (κ3) is 5.92. The van der Waals surface area contributed by atoms with Crippen LogP contribution >= 0.6 is 0 Å². The number of carbonyl (C=O) groups is 4. The third-order valence-corrected chi connectivity index (χ3v) is 3.33. The first kappa shape index (κ1) is 19.6. The molecule has 9 heteroatoms. The Hall–Kier alpha value is -3.75. The Kier molecular flexibility index (Phi) is 6.59. The van der Waals surface area contributed by atoms with Gasteiger partial charge in [0.2, 0.25) is 5.91 Å². The largest absolute Gasteiger partial charge is 0.454 e. The number of amides is 3. The Morgan fingerprint density at radius 1 is 1.00 bits per heavy atom. The number of nitrogens with one attached hydrogen (secondary N) is 2. The summed E-state index contributed by atoms with van der Waals surface area (Å²) in [5.41, 5.74) is 5.57. The van der Waals surface area contributed by atoms with Crippen molar-refractivity contribution in [3.8, 4) is 0 Å². The van der Waals surface area contributed by atoms with E-state index in [1.807, 2.05) is 0 Å². The lowest BCUT2D eigenvalue weighted by molar-refractivity contribution is -0.146. The van der Waals surface area contributed by atoms with Crippen molar-refractivity contribution in [2.75, 3.05) is 18.5 Å². The van der Waals surface area contributed by atoms with Gasteiger partial charge in [-0.3, -0.25) is 19.2 Å². The molecule has 2 aromatic carbocycles. The molecule has 27 heavy (non-hydrogen) atoms. The predicted octanol–water partition coefficient (Wildman–Crippen LogP) is 0.836. The van der Waals surface area contributed by atoms with Crippen LogP contribution in [0.5, 0.6) is 0 Å². The van der Waals surface area contributed by atoms with Crippen LogP contribution in [0.1, 0.15) is 20.7 Å². The molecule has 0 unspecified atom stereocenters. The number of benzene rings is 2. The SMILES string of the molecule is NC(=O)c1ccc(NC(=O)COC(=O)CNC(=O)c2ccccc2F)cc1. The minimum atomic E-state index is -0.862. The molecule has 0 atom stereocenters. The van der Waals surface area contributed by atoms with Crippen molar-refractivity contribution in [3.63, 3.8) is 0 Å². The number of esters is 1. The fourth-order valence-corrected chi connectivity index (χ4v) is 2.00. The van der Waals surface area contributed by atoms with Crippen molar-refractivity contribution in [1.29, 1.82) is 0 Å². The summed E-state index contributed by atoms with van der Waals surface area (Å²) < 4.78 is 18.2. The van der Waals surface area contributed by atoms with Crippen LogP contribution in [-0.4, -0.2) is 36.8 Å². The van der Waals surface area contributed by atoms with Crippen LogP contribution in [-0.2, 0) is 14.3 Å². The number of carbonyl (C=O) groups excluding carboxylic acids is 4. The van der Waals surface area contributed by atoms with Crippen molar-refractivity contribution in [1.82, 2.24) is 5.32 Å². The van der Waals surface area contributed by atoms with E-state index in [1.165, 1.54) is 42.5 Å². The Balaban J connectivity index is 1.74. The fourth-order valence-electron chi connectivity index (χ4n) is 2.00. The van der Waals surface area contributed by atoms with E-state index in [1.54, 1.807) is 0 Å². The molecular weight excluding hydrogens is 357 g/mol. The molecule has 0 saturated carbocycles. The van der Waals surface area contributed by atoms with Crippen molar-refractivity contribution in [2.24, 2.45) is 5.73 Å². The summed E-state index contributed by atoms with van der Waals surface area (Å²) in [5, 5.41) is 4.66. The van der Waals surface area contributed by atoms with Gasteiger partial charge in [0.15, 0.2) is 6.61 Å². The second kappa shape index (κ2) is 9.09. The average molecular weight is 373 g/mol. The third-order valence-electron chi connectivity index (χ3n) is 3.33. The minimum Gasteiger partial charge on any atom is -0.454 e. The summed E-state index contributed by atoms with van der Waals surface area (Å²) in [6, 6.07) is 11.1. The lowest BCUT2D eigenvalue weighted by Gasteiger charge is -2.08. The van der Waals surface area contributed by atoms with E-state index in [-0.39, 0.29) is 11.1 Å². The Morgan fingerprint density at radius 3 is 2.30 bits per heavy atom. The number of primary amides is 1. The van der Waals surface area contributed by atoms with Gasteiger partial charge in [-0.1, -0.05) is 12.1 Å². The van der Waals surface area contributed by atoms with E-state index < -0.39 is 42.7 Å². The Bertz CT molecular complexity index is 868. The molecule has 0 aliphatic rings. The van der Waals surface area contributed by atoms with E-state index >= 15 is 0 Å². The zero-order chi connectivity index (χ0) is 19.8. The van der Waals surface area contributed by atoms with Crippen molar-refractivity contribution in [2.45, 2.75) is 0 Å². The van der Waals surface area contributed by atoms with Crippen LogP contribution in [0.2, 0.25) is 0 Å². The maximum atomic E-state index is 13.4. The summed E-state index contributed by atoms with van der Waals surface area (Å²) in [5.74, 6) is -3.57. The van der Waals surface area contributed by atoms with Gasteiger partial charge in [-0.15, -0.1) is 0 Å². The Labute approximate surface area is 153 Å². The second-order valence-corrected chi connectivity index (χ2v) is 5.31. The maximum Gasteiger partial charge on any atom is 0.325 e. The first-order valence-corrected chi connectivity index (χ1v) is 7.75. The Morgan fingerprint density at radius 2 is 1.67 bits per heavy atom. The van der Waals surface area contributed by atoms with Crippen LogP contribution in [0.3, 0.4) is 0 Å². The molecule has 0 heterocycles. The number of hydrogen-bond donors (Lipinski definition) is 3. The highest BCUT2D eigenvalue weighted by Gasteiger charge is 2.13. The molecule has 0 bridgehead atoms. The molecule has 0 fully saturated rings. The maximum absolute atomic E-state index is 13.4. The van der Waals surface area contributed by atoms with Gasteiger partial charge in [0, 0.05) is 11.3 Å². The average Bonchev–Trinajstić information content (AvgIpc) is 2.65. The molecule has 0 aliphatic carbocycles. The molecule has 2 rings (SSSR count). The molecule has 0 radical (unpaired) electrons. The molecule has 2 aromatic rings. The van der Waals surface area contributed by atoms with Gasteiger partial charge in [0.1, 0.15) is 12.4 Å². The predicted molar refractivity (Wildman–Crippen MR) is 93.3 cm³/mol. The van der Waals surface area contributed by atoms with E-state index in [9.17, 15) is 23.6 Å². The molecule has 0 aromatic heterocycles. The van der Waals surface area contributed by atoms with Gasteiger partial charge in [-0.25, -0.2) is 4.39 Å². The first-order valence-electron chi connectivity index (χ1n) is 7.75. The van der Waals surface area contributed by atoms with Gasteiger partial charge in [0.05, 0.1) is 5.56 Å². The van der Waals surface area contributed by atoms with Crippen LogP contribution < -0.4 is 16.4 Å². The summed E-state index contributed by atoms with van der Waals surface area (Å²) >= 11 is 0. The molecule has 8 nitrogen and oxygen atoms in total. The number of halogens is 1. The lowest BCUT2D eigenvalue weighted by Crippen LogP contribution is -2.32. The number of nitrogens with two attached hydrogens (primary N) is 1. The summed E-state index contributed by atoms with van der Waals surface area (Å²) in [6.45, 7) is -1.10. The first-order chi connectivity index (χ1) is 12.9. The van der Waals surface area contributed by atoms with Crippen LogP contribution in [0.4, 0.5) is 10.1 Å². The normalized spacial score (nSPS) is 9.96. The molecule has 140 valence electrons. The van der Waals surface area contributed by atoms with E-state index in [0.717, 1.165) is 6.07 Å². The molecular formula is C18H16FN3O5. The number of anilines is 1. The van der Waals surface area contributed by atoms with Gasteiger partial charge in [-0.2, -0.15) is 0 Å². The van der Waals surface area contributed by atoms with Crippen LogP contribution in [0, 0.1) is 5.82 Å². The van der Waals surface area contributed by atoms with Gasteiger partial charge in [-0.05, 0) is 36.4 Å². The highest BCUT2D eigenvalue weighted by Crippen LogP contribution is 2.09. The minimum absolute atomic E-state index is 0.206. The van der Waals surface area contributed by atoms with E-state index in [0.29, 0.717) is 5.69 Å². The van der Waals surface area contributed by atoms with Crippen molar-refractivity contribution in [3.05, 3.63) is 65.5 Å². The summed E-state index contributed by atoms with van der Waals surface area (Å²) in [7, 11) is 0. The fraction of sp³-hybridized carbons (Fsp3) is 0.111. The zero-order valence-corrected chi connectivity index (χ0v) is 14.0. The standard InChI is InChI=1S/C18H16FN3O5/c19-14-4-2-1-3-13(14)18(26)21-9-16(24)27-10-15(23)22-12-7-5-11(6-8-12)17(20)25/h1-8H,9-10H2,(H2,20,25)(H,21,26)(H,22,23). The van der Waals surface area contributed by atoms with E-state index in [4.69, 9.17) is 10.5 Å². The second-order valence-electron chi connectivity index (χ2n) is 5.31. The van der Waals surface area contributed by atoms with Crippen molar-refractivity contribution >= 4 is 29.4 Å². The van der Waals surface area contributed by atoms with Gasteiger partial charge < -0.3 is 21.1 Å². The number of hydrogen-bond acceptors (Lipinski definition) is 5. The molecule has 0 saturated heterocycles. The number of rotatable bonds is 7. The van der Waals surface area contributed by atoms with Crippen LogP contribution in [0.25, 0.3) is 0 Å². The summed E-state index contributed by atoms with van der Waals surface area (Å²) in [6.07, 6.45) is 0. The lowest BCUT2D eigenvalue weighted by atomic mass is 10.2. The molecule has 0 spiro atoms. The molecule has 3 amide bonds. The molecule has 0 aliphatic heterocycles.